The van der Waals surface area contributed by atoms with E-state index in [2.05, 4.69) is 37.9 Å². The Morgan fingerprint density at radius 2 is 2.00 bits per heavy atom. The third kappa shape index (κ3) is 2.87. The molecule has 0 amide bonds. The average Bonchev–Trinajstić information content (AvgIpc) is 2.80. The number of hydrogen-bond acceptors (Lipinski definition) is 2. The highest BCUT2D eigenvalue weighted by molar-refractivity contribution is 9.11. The van der Waals surface area contributed by atoms with E-state index >= 15 is 0 Å². The maximum atomic E-state index is 11.6. The minimum absolute atomic E-state index is 0.201. The smallest absolute Gasteiger partial charge is 0.172 e. The van der Waals surface area contributed by atoms with E-state index in [4.69, 9.17) is 0 Å². The van der Waals surface area contributed by atoms with Crippen molar-refractivity contribution in [3.05, 3.63) is 44.2 Å². The molecule has 0 N–H and O–H groups in total. The number of benzene rings is 1. The van der Waals surface area contributed by atoms with Crippen LogP contribution in [-0.2, 0) is 0 Å². The molecule has 0 aliphatic rings. The van der Waals surface area contributed by atoms with Crippen LogP contribution in [-0.4, -0.2) is 5.78 Å². The molecule has 17 heavy (non-hydrogen) atoms. The fourth-order valence-corrected chi connectivity index (χ4v) is 3.49. The summed E-state index contributed by atoms with van der Waals surface area (Å²) < 4.78 is 2.07. The quantitative estimate of drug-likeness (QED) is 0.646. The predicted octanol–water partition coefficient (Wildman–Crippen LogP) is 5.53. The molecule has 0 saturated carbocycles. The highest BCUT2D eigenvalue weighted by Gasteiger charge is 2.10. The van der Waals surface area contributed by atoms with Gasteiger partial charge in [0.1, 0.15) is 0 Å². The van der Waals surface area contributed by atoms with Gasteiger partial charge in [-0.25, -0.2) is 0 Å². The average molecular weight is 374 g/mol. The molecule has 0 saturated heterocycles. The Bertz CT molecular complexity index is 560. The van der Waals surface area contributed by atoms with Crippen LogP contribution in [0, 0.1) is 0 Å². The summed E-state index contributed by atoms with van der Waals surface area (Å²) in [5.41, 5.74) is 1.11. The summed E-state index contributed by atoms with van der Waals surface area (Å²) in [6, 6.07) is 9.94. The lowest BCUT2D eigenvalue weighted by Gasteiger charge is -2.02. The fraction of sp³-hybridized carbons (Fsp3) is 0.154. The molecule has 0 aliphatic heterocycles. The van der Waals surface area contributed by atoms with Crippen LogP contribution < -0.4 is 0 Å². The van der Waals surface area contributed by atoms with E-state index in [9.17, 15) is 4.79 Å². The second kappa shape index (κ2) is 5.46. The SMILES string of the molecule is CCC(=O)c1ccc(-c2cc(Br)ccc2Br)s1. The first-order valence-electron chi connectivity index (χ1n) is 5.20. The highest BCUT2D eigenvalue weighted by atomic mass is 79.9. The Morgan fingerprint density at radius 3 is 2.71 bits per heavy atom. The van der Waals surface area contributed by atoms with Crippen LogP contribution in [0.4, 0.5) is 0 Å². The molecule has 0 spiro atoms. The zero-order valence-corrected chi connectivity index (χ0v) is 13.2. The number of halogens is 2. The Hall–Kier alpha value is -0.450. The molecular formula is C13H10Br2OS. The molecule has 2 rings (SSSR count). The third-order valence-electron chi connectivity index (χ3n) is 2.40. The van der Waals surface area contributed by atoms with E-state index < -0.39 is 0 Å². The lowest BCUT2D eigenvalue weighted by atomic mass is 10.2. The summed E-state index contributed by atoms with van der Waals surface area (Å²) in [7, 11) is 0. The van der Waals surface area contributed by atoms with Gasteiger partial charge < -0.3 is 0 Å². The van der Waals surface area contributed by atoms with Gasteiger partial charge >= 0.3 is 0 Å². The summed E-state index contributed by atoms with van der Waals surface area (Å²) in [6.07, 6.45) is 0.555. The summed E-state index contributed by atoms with van der Waals surface area (Å²) in [4.78, 5) is 13.5. The van der Waals surface area contributed by atoms with Crippen LogP contribution in [0.15, 0.2) is 39.3 Å². The highest BCUT2D eigenvalue weighted by Crippen LogP contribution is 2.35. The Morgan fingerprint density at radius 1 is 1.24 bits per heavy atom. The first kappa shape index (κ1) is 13.0. The maximum Gasteiger partial charge on any atom is 0.172 e. The van der Waals surface area contributed by atoms with E-state index in [1.54, 1.807) is 11.3 Å². The summed E-state index contributed by atoms with van der Waals surface area (Å²) in [5, 5.41) is 0. The first-order chi connectivity index (χ1) is 8.11. The van der Waals surface area contributed by atoms with E-state index in [1.165, 1.54) is 0 Å². The number of carbonyl (C=O) groups excluding carboxylic acids is 1. The summed E-state index contributed by atoms with van der Waals surface area (Å²) in [6.45, 7) is 1.89. The van der Waals surface area contributed by atoms with Gasteiger partial charge in [0, 0.05) is 25.8 Å². The Balaban J connectivity index is 2.43. The molecule has 0 aliphatic carbocycles. The molecule has 1 aromatic carbocycles. The lowest BCUT2D eigenvalue weighted by molar-refractivity contribution is 0.0992. The molecule has 88 valence electrons. The van der Waals surface area contributed by atoms with Crippen molar-refractivity contribution < 1.29 is 4.79 Å². The van der Waals surface area contributed by atoms with Crippen molar-refractivity contribution in [1.29, 1.82) is 0 Å². The normalized spacial score (nSPS) is 10.5. The van der Waals surface area contributed by atoms with Gasteiger partial charge in [-0.1, -0.05) is 38.8 Å². The van der Waals surface area contributed by atoms with Gasteiger partial charge in [-0.2, -0.15) is 0 Å². The molecule has 1 nitrogen and oxygen atoms in total. The third-order valence-corrected chi connectivity index (χ3v) is 4.74. The molecule has 0 unspecified atom stereocenters. The van der Waals surface area contributed by atoms with Crippen LogP contribution in [0.25, 0.3) is 10.4 Å². The second-order valence-electron chi connectivity index (χ2n) is 3.56. The molecule has 0 radical (unpaired) electrons. The van der Waals surface area contributed by atoms with Crippen LogP contribution in [0.1, 0.15) is 23.0 Å². The minimum atomic E-state index is 0.201. The van der Waals surface area contributed by atoms with E-state index in [-0.39, 0.29) is 5.78 Å². The molecule has 0 bridgehead atoms. The van der Waals surface area contributed by atoms with Crippen molar-refractivity contribution in [2.75, 3.05) is 0 Å². The first-order valence-corrected chi connectivity index (χ1v) is 7.60. The lowest BCUT2D eigenvalue weighted by Crippen LogP contribution is -1.90. The van der Waals surface area contributed by atoms with E-state index in [0.29, 0.717) is 6.42 Å². The molecule has 0 fully saturated rings. The van der Waals surface area contributed by atoms with Crippen molar-refractivity contribution in [1.82, 2.24) is 0 Å². The zero-order chi connectivity index (χ0) is 12.4. The van der Waals surface area contributed by atoms with Crippen LogP contribution in [0.5, 0.6) is 0 Å². The number of rotatable bonds is 3. The maximum absolute atomic E-state index is 11.6. The summed E-state index contributed by atoms with van der Waals surface area (Å²) in [5.74, 6) is 0.201. The molecule has 0 atom stereocenters. The second-order valence-corrected chi connectivity index (χ2v) is 6.42. The topological polar surface area (TPSA) is 17.1 Å². The molecule has 1 heterocycles. The Labute approximate surface area is 121 Å². The van der Waals surface area contributed by atoms with E-state index in [1.807, 2.05) is 31.2 Å². The number of thiophene rings is 1. The van der Waals surface area contributed by atoms with Crippen molar-refractivity contribution in [2.45, 2.75) is 13.3 Å². The van der Waals surface area contributed by atoms with E-state index in [0.717, 1.165) is 24.3 Å². The zero-order valence-electron chi connectivity index (χ0n) is 9.17. The number of ketones is 1. The standard InChI is InChI=1S/C13H10Br2OS/c1-2-11(16)13-6-5-12(17-13)9-7-8(14)3-4-10(9)15/h3-7H,2H2,1H3. The number of Topliss-reactive ketones (excluding diaryl/α,β-unsaturated/α-hetero) is 1. The largest absolute Gasteiger partial charge is 0.293 e. The van der Waals surface area contributed by atoms with Crippen molar-refractivity contribution in [3.63, 3.8) is 0 Å². The Kier molecular flexibility index (Phi) is 4.17. The van der Waals surface area contributed by atoms with Crippen molar-refractivity contribution >= 4 is 49.0 Å². The number of hydrogen-bond donors (Lipinski definition) is 0. The van der Waals surface area contributed by atoms with Gasteiger partial charge in [0.2, 0.25) is 0 Å². The molecule has 1 aromatic heterocycles. The van der Waals surface area contributed by atoms with Crippen molar-refractivity contribution in [3.8, 4) is 10.4 Å². The monoisotopic (exact) mass is 372 g/mol. The fourth-order valence-electron chi connectivity index (χ4n) is 1.49. The van der Waals surface area contributed by atoms with Gasteiger partial charge in [-0.05, 0) is 30.3 Å². The molecule has 4 heteroatoms. The van der Waals surface area contributed by atoms with Gasteiger partial charge in [0.15, 0.2) is 5.78 Å². The summed E-state index contributed by atoms with van der Waals surface area (Å²) >= 11 is 8.53. The van der Waals surface area contributed by atoms with Crippen molar-refractivity contribution in [2.24, 2.45) is 0 Å². The minimum Gasteiger partial charge on any atom is -0.293 e. The van der Waals surface area contributed by atoms with Gasteiger partial charge in [0.25, 0.3) is 0 Å². The molecular weight excluding hydrogens is 364 g/mol. The predicted molar refractivity (Wildman–Crippen MR) is 79.8 cm³/mol. The van der Waals surface area contributed by atoms with Crippen LogP contribution in [0.3, 0.4) is 0 Å². The van der Waals surface area contributed by atoms with Crippen LogP contribution >= 0.6 is 43.2 Å². The van der Waals surface area contributed by atoms with Gasteiger partial charge in [0.05, 0.1) is 4.88 Å². The number of carbonyl (C=O) groups is 1. The van der Waals surface area contributed by atoms with Crippen LogP contribution in [0.2, 0.25) is 0 Å². The molecule has 2 aromatic rings. The van der Waals surface area contributed by atoms with Gasteiger partial charge in [-0.3, -0.25) is 4.79 Å². The van der Waals surface area contributed by atoms with Gasteiger partial charge in [-0.15, -0.1) is 11.3 Å².